The zero-order valence-corrected chi connectivity index (χ0v) is 5.56. The molecular weight excluding hydrogens is 98.1 g/mol. The molecule has 0 aromatic rings. The summed E-state index contributed by atoms with van der Waals surface area (Å²) in [5.41, 5.74) is 0. The molecule has 1 heterocycles. The van der Waals surface area contributed by atoms with E-state index in [2.05, 4.69) is 7.05 Å². The van der Waals surface area contributed by atoms with Crippen LogP contribution >= 0.6 is 0 Å². The van der Waals surface area contributed by atoms with E-state index in [1.165, 1.54) is 37.0 Å². The first-order valence-electron chi connectivity index (χ1n) is 3.62. The molecule has 0 aromatic heterocycles. The molecule has 1 nitrogen and oxygen atoms in total. The van der Waals surface area contributed by atoms with Gasteiger partial charge in [0.05, 0.1) is 13.6 Å². The predicted molar refractivity (Wildman–Crippen MR) is 33.5 cm³/mol. The first-order valence-corrected chi connectivity index (χ1v) is 3.62. The number of hydrogen-bond acceptors (Lipinski definition) is 0. The molecule has 0 N–H and O–H groups in total. The molecule has 0 spiro atoms. The van der Waals surface area contributed by atoms with Crippen LogP contribution in [-0.4, -0.2) is 31.2 Å². The van der Waals surface area contributed by atoms with Crippen molar-refractivity contribution in [2.75, 3.05) is 26.7 Å². The molecule has 0 radical (unpaired) electrons. The van der Waals surface area contributed by atoms with Gasteiger partial charge in [-0.05, 0) is 12.8 Å². The van der Waals surface area contributed by atoms with Crippen LogP contribution in [0.3, 0.4) is 0 Å². The van der Waals surface area contributed by atoms with E-state index in [1.54, 1.807) is 0 Å². The van der Waals surface area contributed by atoms with E-state index in [1.807, 2.05) is 0 Å². The lowest BCUT2D eigenvalue weighted by Gasteiger charge is -2.08. The van der Waals surface area contributed by atoms with Crippen molar-refractivity contribution in [3.05, 3.63) is 0 Å². The molecule has 2 aliphatic rings. The van der Waals surface area contributed by atoms with Gasteiger partial charge >= 0.3 is 0 Å². The van der Waals surface area contributed by atoms with Crippen molar-refractivity contribution in [3.63, 3.8) is 0 Å². The first-order chi connectivity index (χ1) is 3.79. The minimum atomic E-state index is 1.13. The summed E-state index contributed by atoms with van der Waals surface area (Å²) < 4.78 is 1.39. The van der Waals surface area contributed by atoms with E-state index in [0.29, 0.717) is 0 Å². The lowest BCUT2D eigenvalue weighted by Crippen LogP contribution is -2.22. The van der Waals surface area contributed by atoms with Gasteiger partial charge in [-0.2, -0.15) is 0 Å². The van der Waals surface area contributed by atoms with Crippen molar-refractivity contribution in [1.82, 2.24) is 0 Å². The Hall–Kier alpha value is -0.0400. The third kappa shape index (κ3) is 0.873. The zero-order chi connectivity index (χ0) is 5.61. The van der Waals surface area contributed by atoms with Crippen LogP contribution in [0.1, 0.15) is 12.8 Å². The molecule has 0 unspecified atom stereocenters. The molecule has 8 heavy (non-hydrogen) atoms. The van der Waals surface area contributed by atoms with Gasteiger partial charge in [0.2, 0.25) is 0 Å². The second-order valence-electron chi connectivity index (χ2n) is 3.69. The minimum Gasteiger partial charge on any atom is -0.316 e. The number of likely N-dealkylation sites (N-methyl/N-ethyl adjacent to an activating group) is 1. The maximum atomic E-state index is 2.37. The molecule has 0 amide bonds. The fraction of sp³-hybridized carbons (Fsp3) is 1.00. The van der Waals surface area contributed by atoms with Crippen LogP contribution in [0.15, 0.2) is 0 Å². The average molecular weight is 112 g/mol. The van der Waals surface area contributed by atoms with Gasteiger partial charge < -0.3 is 4.48 Å². The topological polar surface area (TPSA) is 0 Å². The van der Waals surface area contributed by atoms with Crippen LogP contribution in [0.4, 0.5) is 0 Å². The van der Waals surface area contributed by atoms with E-state index in [-0.39, 0.29) is 0 Å². The minimum absolute atomic E-state index is 1.13. The third-order valence-corrected chi connectivity index (χ3v) is 2.38. The standard InChI is InChI=1S/C7H14N/c1-8(4-5-8)6-7-2-3-7/h7H,2-6H2,1H3/q+1. The molecule has 1 saturated heterocycles. The maximum absolute atomic E-state index is 2.37. The molecule has 1 aliphatic heterocycles. The Morgan fingerprint density at radius 1 is 1.38 bits per heavy atom. The van der Waals surface area contributed by atoms with Gasteiger partial charge in [0.25, 0.3) is 0 Å². The lowest BCUT2D eigenvalue weighted by molar-refractivity contribution is -0.779. The summed E-state index contributed by atoms with van der Waals surface area (Å²) in [4.78, 5) is 0. The average Bonchev–Trinajstić information content (AvgIpc) is 2.49. The largest absolute Gasteiger partial charge is 0.316 e. The Morgan fingerprint density at radius 2 is 2.00 bits per heavy atom. The van der Waals surface area contributed by atoms with Crippen LogP contribution in [0.25, 0.3) is 0 Å². The Morgan fingerprint density at radius 3 is 2.38 bits per heavy atom. The van der Waals surface area contributed by atoms with Crippen molar-refractivity contribution >= 4 is 0 Å². The number of hydrogen-bond donors (Lipinski definition) is 0. The summed E-state index contributed by atoms with van der Waals surface area (Å²) in [6, 6.07) is 0. The zero-order valence-electron chi connectivity index (χ0n) is 5.56. The number of quaternary nitrogens is 1. The molecular formula is C7H14N+. The molecule has 0 atom stereocenters. The summed E-state index contributed by atoms with van der Waals surface area (Å²) in [5.74, 6) is 1.13. The molecule has 1 heteroatoms. The van der Waals surface area contributed by atoms with Crippen molar-refractivity contribution in [3.8, 4) is 0 Å². The monoisotopic (exact) mass is 112 g/mol. The summed E-state index contributed by atoms with van der Waals surface area (Å²) >= 11 is 0. The Bertz CT molecular complexity index is 101. The fourth-order valence-corrected chi connectivity index (χ4v) is 1.28. The van der Waals surface area contributed by atoms with E-state index >= 15 is 0 Å². The van der Waals surface area contributed by atoms with Gasteiger partial charge in [-0.25, -0.2) is 0 Å². The fourth-order valence-electron chi connectivity index (χ4n) is 1.28. The molecule has 0 bridgehead atoms. The molecule has 2 rings (SSSR count). The summed E-state index contributed by atoms with van der Waals surface area (Å²) in [5, 5.41) is 0. The molecule has 1 aliphatic carbocycles. The van der Waals surface area contributed by atoms with Crippen LogP contribution in [-0.2, 0) is 0 Å². The summed E-state index contributed by atoms with van der Waals surface area (Å²) in [6.07, 6.45) is 3.04. The first kappa shape index (κ1) is 4.80. The Balaban J connectivity index is 1.81. The van der Waals surface area contributed by atoms with Gasteiger partial charge in [0.1, 0.15) is 13.1 Å². The maximum Gasteiger partial charge on any atom is 0.128 e. The highest BCUT2D eigenvalue weighted by atomic mass is 15.4. The number of rotatable bonds is 2. The van der Waals surface area contributed by atoms with Gasteiger partial charge in [-0.1, -0.05) is 0 Å². The summed E-state index contributed by atoms with van der Waals surface area (Å²) in [6.45, 7) is 4.40. The van der Waals surface area contributed by atoms with Gasteiger partial charge in [-0.3, -0.25) is 0 Å². The van der Waals surface area contributed by atoms with Gasteiger partial charge in [-0.15, -0.1) is 0 Å². The second-order valence-corrected chi connectivity index (χ2v) is 3.69. The van der Waals surface area contributed by atoms with E-state index in [4.69, 9.17) is 0 Å². The second kappa shape index (κ2) is 1.27. The third-order valence-electron chi connectivity index (χ3n) is 2.38. The van der Waals surface area contributed by atoms with Crippen molar-refractivity contribution in [2.45, 2.75) is 12.8 Å². The Kier molecular flexibility index (Phi) is 0.762. The van der Waals surface area contributed by atoms with Crippen molar-refractivity contribution < 1.29 is 4.48 Å². The smallest absolute Gasteiger partial charge is 0.128 e. The van der Waals surface area contributed by atoms with Gasteiger partial charge in [0.15, 0.2) is 0 Å². The summed E-state index contributed by atoms with van der Waals surface area (Å²) in [7, 11) is 2.37. The SMILES string of the molecule is C[N+]1(CC2CC2)CC1. The highest BCUT2D eigenvalue weighted by molar-refractivity contribution is 4.74. The number of nitrogens with zero attached hydrogens (tertiary/aromatic N) is 1. The Labute approximate surface area is 50.9 Å². The molecule has 0 aromatic carbocycles. The normalized spacial score (nSPS) is 32.6. The molecule has 2 fully saturated rings. The van der Waals surface area contributed by atoms with Crippen molar-refractivity contribution in [2.24, 2.45) is 5.92 Å². The van der Waals surface area contributed by atoms with Crippen LogP contribution in [0.2, 0.25) is 0 Å². The lowest BCUT2D eigenvalue weighted by atomic mass is 10.4. The molecule has 1 saturated carbocycles. The highest BCUT2D eigenvalue weighted by Gasteiger charge is 2.41. The molecule has 46 valence electrons. The van der Waals surface area contributed by atoms with Crippen molar-refractivity contribution in [1.29, 1.82) is 0 Å². The quantitative estimate of drug-likeness (QED) is 0.367. The van der Waals surface area contributed by atoms with E-state index in [9.17, 15) is 0 Å². The van der Waals surface area contributed by atoms with Crippen LogP contribution in [0.5, 0.6) is 0 Å². The van der Waals surface area contributed by atoms with E-state index < -0.39 is 0 Å². The van der Waals surface area contributed by atoms with E-state index in [0.717, 1.165) is 5.92 Å². The van der Waals surface area contributed by atoms with Crippen LogP contribution in [0, 0.1) is 5.92 Å². The highest BCUT2D eigenvalue weighted by Crippen LogP contribution is 2.34. The predicted octanol–water partition coefficient (Wildman–Crippen LogP) is 0.857. The van der Waals surface area contributed by atoms with Crippen LogP contribution < -0.4 is 0 Å². The van der Waals surface area contributed by atoms with Gasteiger partial charge in [0, 0.05) is 5.92 Å².